The molecule has 0 aliphatic rings. The van der Waals surface area contributed by atoms with Gasteiger partial charge in [0.25, 0.3) is 0 Å². The maximum absolute atomic E-state index is 10.7. The second-order valence-corrected chi connectivity index (χ2v) is 3.99. The highest BCUT2D eigenvalue weighted by molar-refractivity contribution is 5.84. The van der Waals surface area contributed by atoms with Gasteiger partial charge < -0.3 is 19.6 Å². The molecule has 19 heavy (non-hydrogen) atoms. The summed E-state index contributed by atoms with van der Waals surface area (Å²) in [6, 6.07) is 5.73. The van der Waals surface area contributed by atoms with Gasteiger partial charge >= 0.3 is 5.97 Å². The molecule has 0 unspecified atom stereocenters. The van der Waals surface area contributed by atoms with E-state index >= 15 is 0 Å². The van der Waals surface area contributed by atoms with Gasteiger partial charge in [0, 0.05) is 0 Å². The maximum Gasteiger partial charge on any atom is 0.357 e. The van der Waals surface area contributed by atoms with Crippen LogP contribution in [0.3, 0.4) is 0 Å². The number of ether oxygens (including phenoxy) is 1. The SMILES string of the molecule is COc1ccc(C)cc1NCc1nc(C(=O)O)co1. The van der Waals surface area contributed by atoms with Gasteiger partial charge in [-0.2, -0.15) is 0 Å². The highest BCUT2D eigenvalue weighted by atomic mass is 16.5. The molecule has 0 radical (unpaired) electrons. The Hall–Kier alpha value is -2.50. The molecule has 6 nitrogen and oxygen atoms in total. The van der Waals surface area contributed by atoms with Crippen molar-refractivity contribution >= 4 is 11.7 Å². The second kappa shape index (κ2) is 5.43. The number of nitrogens with zero attached hydrogens (tertiary/aromatic N) is 1. The Morgan fingerprint density at radius 3 is 2.95 bits per heavy atom. The van der Waals surface area contributed by atoms with Crippen molar-refractivity contribution in [2.24, 2.45) is 0 Å². The number of carboxylic acids is 1. The first-order valence-corrected chi connectivity index (χ1v) is 5.66. The van der Waals surface area contributed by atoms with E-state index in [1.165, 1.54) is 0 Å². The molecule has 0 bridgehead atoms. The minimum atomic E-state index is -1.11. The number of hydrogen-bond donors (Lipinski definition) is 2. The molecule has 0 amide bonds. The second-order valence-electron chi connectivity index (χ2n) is 3.99. The van der Waals surface area contributed by atoms with Crippen LogP contribution in [-0.4, -0.2) is 23.2 Å². The van der Waals surface area contributed by atoms with E-state index < -0.39 is 5.97 Å². The minimum Gasteiger partial charge on any atom is -0.495 e. The van der Waals surface area contributed by atoms with Crippen LogP contribution in [0.25, 0.3) is 0 Å². The fourth-order valence-electron chi connectivity index (χ4n) is 1.62. The Morgan fingerprint density at radius 2 is 2.32 bits per heavy atom. The number of nitrogens with one attached hydrogen (secondary N) is 1. The molecule has 0 atom stereocenters. The number of rotatable bonds is 5. The van der Waals surface area contributed by atoms with Crippen molar-refractivity contribution in [1.82, 2.24) is 4.98 Å². The van der Waals surface area contributed by atoms with Crippen LogP contribution >= 0.6 is 0 Å². The lowest BCUT2D eigenvalue weighted by Gasteiger charge is -2.10. The topological polar surface area (TPSA) is 84.6 Å². The summed E-state index contributed by atoms with van der Waals surface area (Å²) in [6.45, 7) is 2.26. The molecule has 2 aromatic rings. The summed E-state index contributed by atoms with van der Waals surface area (Å²) in [5.41, 5.74) is 1.78. The molecule has 0 spiro atoms. The minimum absolute atomic E-state index is 0.104. The summed E-state index contributed by atoms with van der Waals surface area (Å²) in [6.07, 6.45) is 1.12. The van der Waals surface area contributed by atoms with Crippen molar-refractivity contribution in [3.63, 3.8) is 0 Å². The molecule has 1 aromatic carbocycles. The van der Waals surface area contributed by atoms with Crippen LogP contribution in [0, 0.1) is 6.92 Å². The summed E-state index contributed by atoms with van der Waals surface area (Å²) in [5, 5.41) is 11.8. The molecule has 0 saturated carbocycles. The number of benzene rings is 1. The van der Waals surface area contributed by atoms with Crippen LogP contribution in [-0.2, 0) is 6.54 Å². The van der Waals surface area contributed by atoms with Crippen molar-refractivity contribution < 1.29 is 19.1 Å². The average molecular weight is 262 g/mol. The lowest BCUT2D eigenvalue weighted by molar-refractivity contribution is 0.0690. The molecule has 6 heteroatoms. The fourth-order valence-corrected chi connectivity index (χ4v) is 1.62. The number of aromatic nitrogens is 1. The number of hydrogen-bond acceptors (Lipinski definition) is 5. The van der Waals surface area contributed by atoms with E-state index in [0.29, 0.717) is 11.6 Å². The highest BCUT2D eigenvalue weighted by Crippen LogP contribution is 2.25. The first-order valence-electron chi connectivity index (χ1n) is 5.66. The van der Waals surface area contributed by atoms with E-state index in [1.54, 1.807) is 7.11 Å². The third-order valence-electron chi connectivity index (χ3n) is 2.56. The van der Waals surface area contributed by atoms with Gasteiger partial charge in [-0.15, -0.1) is 0 Å². The molecule has 2 rings (SSSR count). The third kappa shape index (κ3) is 3.04. The van der Waals surface area contributed by atoms with E-state index in [9.17, 15) is 4.79 Å². The molecule has 0 fully saturated rings. The molecular weight excluding hydrogens is 248 g/mol. The molecule has 1 aromatic heterocycles. The first kappa shape index (κ1) is 12.9. The number of anilines is 1. The Bertz CT molecular complexity index is 592. The lowest BCUT2D eigenvalue weighted by atomic mass is 10.2. The van der Waals surface area contributed by atoms with Crippen molar-refractivity contribution in [3.05, 3.63) is 41.6 Å². The van der Waals surface area contributed by atoms with Crippen molar-refractivity contribution in [2.75, 3.05) is 12.4 Å². The molecule has 2 N–H and O–H groups in total. The van der Waals surface area contributed by atoms with Crippen molar-refractivity contribution in [1.29, 1.82) is 0 Å². The van der Waals surface area contributed by atoms with Gasteiger partial charge in [-0.25, -0.2) is 9.78 Å². The van der Waals surface area contributed by atoms with Crippen LogP contribution in [0.5, 0.6) is 5.75 Å². The summed E-state index contributed by atoms with van der Waals surface area (Å²) in [4.78, 5) is 14.5. The monoisotopic (exact) mass is 262 g/mol. The Labute approximate surface area is 110 Å². The van der Waals surface area contributed by atoms with Crippen LogP contribution in [0.4, 0.5) is 5.69 Å². The highest BCUT2D eigenvalue weighted by Gasteiger charge is 2.10. The first-order chi connectivity index (χ1) is 9.10. The molecule has 0 aliphatic heterocycles. The zero-order valence-electron chi connectivity index (χ0n) is 10.6. The van der Waals surface area contributed by atoms with Crippen molar-refractivity contribution in [2.45, 2.75) is 13.5 Å². The lowest BCUT2D eigenvalue weighted by Crippen LogP contribution is -2.03. The smallest absolute Gasteiger partial charge is 0.357 e. The standard InChI is InChI=1S/C13H14N2O4/c1-8-3-4-11(18-2)9(5-8)14-6-12-15-10(7-19-12)13(16)17/h3-5,7,14H,6H2,1-2H3,(H,16,17). The fraction of sp³-hybridized carbons (Fsp3) is 0.231. The number of methoxy groups -OCH3 is 1. The molecular formula is C13H14N2O4. The van der Waals surface area contributed by atoms with Crippen LogP contribution in [0.1, 0.15) is 21.9 Å². The van der Waals surface area contributed by atoms with E-state index in [1.807, 2.05) is 25.1 Å². The maximum atomic E-state index is 10.7. The number of oxazole rings is 1. The molecule has 0 aliphatic carbocycles. The zero-order chi connectivity index (χ0) is 13.8. The van der Waals surface area contributed by atoms with E-state index in [-0.39, 0.29) is 12.2 Å². The molecule has 100 valence electrons. The van der Waals surface area contributed by atoms with Gasteiger partial charge in [0.15, 0.2) is 5.69 Å². The largest absolute Gasteiger partial charge is 0.495 e. The summed E-state index contributed by atoms with van der Waals surface area (Å²) in [5.74, 6) is -0.0975. The number of aryl methyl sites for hydroxylation is 1. The summed E-state index contributed by atoms with van der Waals surface area (Å²) in [7, 11) is 1.59. The Morgan fingerprint density at radius 1 is 1.53 bits per heavy atom. The predicted octanol–water partition coefficient (Wildman–Crippen LogP) is 2.30. The van der Waals surface area contributed by atoms with Crippen LogP contribution in [0.15, 0.2) is 28.9 Å². The van der Waals surface area contributed by atoms with Crippen LogP contribution in [0.2, 0.25) is 0 Å². The number of carboxylic acid groups (broad SMARTS) is 1. The number of carbonyl (C=O) groups is 1. The van der Waals surface area contributed by atoms with Crippen LogP contribution < -0.4 is 10.1 Å². The van der Waals surface area contributed by atoms with Gasteiger partial charge in [-0.05, 0) is 24.6 Å². The summed E-state index contributed by atoms with van der Waals surface area (Å²) >= 11 is 0. The quantitative estimate of drug-likeness (QED) is 0.860. The van der Waals surface area contributed by atoms with Gasteiger partial charge in [0.2, 0.25) is 5.89 Å². The van der Waals surface area contributed by atoms with Gasteiger partial charge in [-0.3, -0.25) is 0 Å². The Kier molecular flexibility index (Phi) is 3.70. The van der Waals surface area contributed by atoms with Gasteiger partial charge in [0.05, 0.1) is 19.3 Å². The van der Waals surface area contributed by atoms with Gasteiger partial charge in [-0.1, -0.05) is 6.07 Å². The molecule has 0 saturated heterocycles. The zero-order valence-corrected chi connectivity index (χ0v) is 10.6. The van der Waals surface area contributed by atoms with Gasteiger partial charge in [0.1, 0.15) is 12.0 Å². The molecule has 1 heterocycles. The van der Waals surface area contributed by atoms with E-state index in [4.69, 9.17) is 14.3 Å². The Balaban J connectivity index is 2.09. The summed E-state index contributed by atoms with van der Waals surface area (Å²) < 4.78 is 10.3. The average Bonchev–Trinajstić information content (AvgIpc) is 2.85. The number of aromatic carboxylic acids is 1. The van der Waals surface area contributed by atoms with Crippen molar-refractivity contribution in [3.8, 4) is 5.75 Å². The van der Waals surface area contributed by atoms with E-state index in [0.717, 1.165) is 17.5 Å². The van der Waals surface area contributed by atoms with E-state index in [2.05, 4.69) is 10.3 Å². The third-order valence-corrected chi connectivity index (χ3v) is 2.56. The normalized spacial score (nSPS) is 10.2. The predicted molar refractivity (Wildman–Crippen MR) is 68.5 cm³/mol.